The molecule has 4 aromatic carbocycles. The number of aryl methyl sites for hydroxylation is 1. The number of Topliss-reactive ketones (excluding diaryl/α,β-unsaturated/α-hetero) is 1. The first-order valence-corrected chi connectivity index (χ1v) is 10.7. The van der Waals surface area contributed by atoms with Crippen LogP contribution in [0.1, 0.15) is 15.9 Å². The number of anilines is 1. The highest BCUT2D eigenvalue weighted by atomic mass is 35.5. The zero-order chi connectivity index (χ0) is 20.9. The van der Waals surface area contributed by atoms with Gasteiger partial charge in [-0.3, -0.25) is 10.2 Å². The summed E-state index contributed by atoms with van der Waals surface area (Å²) in [5.74, 6) is -0.132. The number of ketones is 1. The molecule has 0 aliphatic rings. The van der Waals surface area contributed by atoms with Crippen molar-refractivity contribution in [1.82, 2.24) is 0 Å². The Morgan fingerprint density at radius 1 is 0.867 bits per heavy atom. The molecule has 0 fully saturated rings. The number of nitrogens with one attached hydrogen (secondary N) is 1. The summed E-state index contributed by atoms with van der Waals surface area (Å²) >= 11 is 7.29. The van der Waals surface area contributed by atoms with Crippen molar-refractivity contribution < 1.29 is 4.79 Å². The molecule has 0 spiro atoms. The summed E-state index contributed by atoms with van der Waals surface area (Å²) < 4.78 is 0. The summed E-state index contributed by atoms with van der Waals surface area (Å²) in [7, 11) is 0. The lowest BCUT2D eigenvalue weighted by Crippen LogP contribution is -2.13. The third-order valence-electron chi connectivity index (χ3n) is 4.57. The predicted octanol–water partition coefficient (Wildman–Crippen LogP) is 7.20. The van der Waals surface area contributed by atoms with E-state index in [4.69, 9.17) is 11.6 Å². The zero-order valence-electron chi connectivity index (χ0n) is 16.3. The normalized spacial score (nSPS) is 11.5. The van der Waals surface area contributed by atoms with Crippen LogP contribution in [0, 0.1) is 6.92 Å². The predicted molar refractivity (Wildman–Crippen MR) is 128 cm³/mol. The number of hydrazone groups is 1. The van der Waals surface area contributed by atoms with Crippen LogP contribution in [0.25, 0.3) is 10.8 Å². The molecule has 0 bridgehead atoms. The first-order valence-electron chi connectivity index (χ1n) is 9.46. The molecule has 3 nitrogen and oxygen atoms in total. The van der Waals surface area contributed by atoms with Gasteiger partial charge < -0.3 is 0 Å². The quantitative estimate of drug-likeness (QED) is 0.120. The van der Waals surface area contributed by atoms with E-state index in [0.717, 1.165) is 26.9 Å². The second-order valence-corrected chi connectivity index (χ2v) is 8.34. The van der Waals surface area contributed by atoms with Gasteiger partial charge in [0.1, 0.15) is 0 Å². The summed E-state index contributed by atoms with van der Waals surface area (Å²) in [5, 5.41) is 7.56. The summed E-state index contributed by atoms with van der Waals surface area (Å²) in [6.07, 6.45) is 0. The van der Waals surface area contributed by atoms with Gasteiger partial charge in [-0.1, -0.05) is 77.5 Å². The number of carbonyl (C=O) groups excluding carboxylic acids is 1. The smallest absolute Gasteiger partial charge is 0.220 e. The molecule has 0 saturated carbocycles. The van der Waals surface area contributed by atoms with Crippen molar-refractivity contribution in [2.24, 2.45) is 5.10 Å². The van der Waals surface area contributed by atoms with Crippen molar-refractivity contribution in [2.75, 3.05) is 5.43 Å². The number of rotatable bonds is 5. The van der Waals surface area contributed by atoms with Crippen LogP contribution in [0.3, 0.4) is 0 Å². The van der Waals surface area contributed by atoms with E-state index < -0.39 is 0 Å². The van der Waals surface area contributed by atoms with Gasteiger partial charge in [-0.2, -0.15) is 5.10 Å². The van der Waals surface area contributed by atoms with Gasteiger partial charge in [-0.15, -0.1) is 0 Å². The van der Waals surface area contributed by atoms with Gasteiger partial charge in [-0.05, 0) is 60.2 Å². The van der Waals surface area contributed by atoms with Crippen molar-refractivity contribution in [2.45, 2.75) is 11.8 Å². The van der Waals surface area contributed by atoms with E-state index >= 15 is 0 Å². The lowest BCUT2D eigenvalue weighted by Gasteiger charge is -2.09. The molecule has 1 N–H and O–H groups in total. The molecule has 0 radical (unpaired) electrons. The number of hydrogen-bond donors (Lipinski definition) is 1. The standard InChI is InChI=1S/C25H19ClN2OS/c1-17-6-14-23(15-7-17)30-25(28-27-22-12-10-21(26)11-13-22)24(29)20-9-8-18-4-2-3-5-19(18)16-20/h2-16,27H,1H3. The Hall–Kier alpha value is -3.08. The van der Waals surface area contributed by atoms with E-state index in [9.17, 15) is 4.79 Å². The maximum Gasteiger partial charge on any atom is 0.220 e. The van der Waals surface area contributed by atoms with Crippen molar-refractivity contribution in [3.8, 4) is 0 Å². The number of nitrogens with zero attached hydrogens (tertiary/aromatic N) is 1. The minimum atomic E-state index is -0.132. The molecule has 0 unspecified atom stereocenters. The third-order valence-corrected chi connectivity index (χ3v) is 5.80. The summed E-state index contributed by atoms with van der Waals surface area (Å²) in [5.41, 5.74) is 5.50. The monoisotopic (exact) mass is 430 g/mol. The van der Waals surface area contributed by atoms with Gasteiger partial charge in [0, 0.05) is 15.5 Å². The average molecular weight is 431 g/mol. The van der Waals surface area contributed by atoms with Crippen LogP contribution in [0.15, 0.2) is 101 Å². The molecule has 148 valence electrons. The van der Waals surface area contributed by atoms with Gasteiger partial charge in [0.15, 0.2) is 5.04 Å². The van der Waals surface area contributed by atoms with Gasteiger partial charge >= 0.3 is 0 Å². The van der Waals surface area contributed by atoms with E-state index in [1.807, 2.05) is 85.8 Å². The SMILES string of the molecule is Cc1ccc(SC(=NNc2ccc(Cl)cc2)C(=O)c2ccc3ccccc3c2)cc1. The number of carbonyl (C=O) groups is 1. The second-order valence-electron chi connectivity index (χ2n) is 6.84. The summed E-state index contributed by atoms with van der Waals surface area (Å²) in [6, 6.07) is 28.9. The molecule has 4 rings (SSSR count). The number of benzene rings is 4. The molecule has 0 heterocycles. The molecule has 4 aromatic rings. The maximum absolute atomic E-state index is 13.3. The number of halogens is 1. The van der Waals surface area contributed by atoms with Crippen LogP contribution in [-0.2, 0) is 0 Å². The van der Waals surface area contributed by atoms with Crippen LogP contribution < -0.4 is 5.43 Å². The first-order chi connectivity index (χ1) is 14.6. The molecule has 30 heavy (non-hydrogen) atoms. The fraction of sp³-hybridized carbons (Fsp3) is 0.0400. The minimum Gasteiger partial charge on any atom is -0.286 e. The highest BCUT2D eigenvalue weighted by Gasteiger charge is 2.17. The van der Waals surface area contributed by atoms with E-state index in [1.165, 1.54) is 11.8 Å². The first kappa shape index (κ1) is 20.2. The molecule has 0 aromatic heterocycles. The van der Waals surface area contributed by atoms with Gasteiger partial charge in [-0.25, -0.2) is 0 Å². The van der Waals surface area contributed by atoms with Crippen molar-refractivity contribution >= 4 is 50.6 Å². The van der Waals surface area contributed by atoms with Crippen LogP contribution in [-0.4, -0.2) is 10.8 Å². The van der Waals surface area contributed by atoms with Crippen molar-refractivity contribution in [1.29, 1.82) is 0 Å². The van der Waals surface area contributed by atoms with E-state index in [0.29, 0.717) is 15.6 Å². The Morgan fingerprint density at radius 2 is 1.57 bits per heavy atom. The highest BCUT2D eigenvalue weighted by molar-refractivity contribution is 8.15. The van der Waals surface area contributed by atoms with Crippen LogP contribution in [0.2, 0.25) is 5.02 Å². The van der Waals surface area contributed by atoms with E-state index in [-0.39, 0.29) is 5.78 Å². The fourth-order valence-corrected chi connectivity index (χ4v) is 3.85. The van der Waals surface area contributed by atoms with Gasteiger partial charge in [0.05, 0.1) is 5.69 Å². The zero-order valence-corrected chi connectivity index (χ0v) is 17.9. The fourth-order valence-electron chi connectivity index (χ4n) is 2.93. The molecular formula is C25H19ClN2OS. The van der Waals surface area contributed by atoms with E-state index in [2.05, 4.69) is 10.5 Å². The summed E-state index contributed by atoms with van der Waals surface area (Å²) in [6.45, 7) is 2.03. The minimum absolute atomic E-state index is 0.132. The third kappa shape index (κ3) is 4.90. The average Bonchev–Trinajstić information content (AvgIpc) is 2.78. The molecule has 0 atom stereocenters. The topological polar surface area (TPSA) is 41.5 Å². The lowest BCUT2D eigenvalue weighted by molar-refractivity contribution is 0.106. The Kier molecular flexibility index (Phi) is 6.17. The Bertz CT molecular complexity index is 1220. The van der Waals surface area contributed by atoms with E-state index in [1.54, 1.807) is 12.1 Å². The largest absolute Gasteiger partial charge is 0.286 e. The number of hydrogen-bond acceptors (Lipinski definition) is 4. The molecule has 0 aliphatic heterocycles. The summed E-state index contributed by atoms with van der Waals surface area (Å²) in [4.78, 5) is 14.3. The Balaban J connectivity index is 1.66. The van der Waals surface area contributed by atoms with Gasteiger partial charge in [0.25, 0.3) is 0 Å². The van der Waals surface area contributed by atoms with Crippen LogP contribution >= 0.6 is 23.4 Å². The molecule has 0 saturated heterocycles. The number of fused-ring (bicyclic) bond motifs is 1. The van der Waals surface area contributed by atoms with Crippen molar-refractivity contribution in [3.63, 3.8) is 0 Å². The number of thioether (sulfide) groups is 1. The molecule has 5 heteroatoms. The van der Waals surface area contributed by atoms with Crippen LogP contribution in [0.5, 0.6) is 0 Å². The molecule has 0 amide bonds. The van der Waals surface area contributed by atoms with Crippen LogP contribution in [0.4, 0.5) is 5.69 Å². The maximum atomic E-state index is 13.3. The lowest BCUT2D eigenvalue weighted by atomic mass is 10.0. The van der Waals surface area contributed by atoms with Crippen molar-refractivity contribution in [3.05, 3.63) is 107 Å². The second kappa shape index (κ2) is 9.16. The Labute approximate surface area is 184 Å². The van der Waals surface area contributed by atoms with Gasteiger partial charge in [0.2, 0.25) is 5.78 Å². The molecular weight excluding hydrogens is 412 g/mol. The molecule has 0 aliphatic carbocycles. The Morgan fingerprint density at radius 3 is 2.30 bits per heavy atom. The highest BCUT2D eigenvalue weighted by Crippen LogP contribution is 2.25.